The number of carboxylic acid groups (broad SMARTS) is 1. The van der Waals surface area contributed by atoms with Crippen molar-refractivity contribution in [2.24, 2.45) is 5.41 Å². The zero-order valence-corrected chi connectivity index (χ0v) is 13.4. The van der Waals surface area contributed by atoms with E-state index < -0.39 is 5.97 Å². The Bertz CT molecular complexity index is 497. The molecule has 0 aliphatic heterocycles. The van der Waals surface area contributed by atoms with Crippen molar-refractivity contribution in [3.8, 4) is 0 Å². The molecule has 20 heavy (non-hydrogen) atoms. The largest absolute Gasteiger partial charge is 0.481 e. The number of hydrogen-bond acceptors (Lipinski definition) is 4. The lowest BCUT2D eigenvalue weighted by atomic mass is 9.87. The van der Waals surface area contributed by atoms with Crippen LogP contribution in [0.1, 0.15) is 64.7 Å². The van der Waals surface area contributed by atoms with Crippen molar-refractivity contribution < 1.29 is 9.90 Å². The summed E-state index contributed by atoms with van der Waals surface area (Å²) < 4.78 is 2.20. The van der Waals surface area contributed by atoms with Crippen molar-refractivity contribution in [1.29, 1.82) is 0 Å². The first-order valence-corrected chi connectivity index (χ1v) is 8.11. The molecule has 1 aromatic rings. The molecule has 1 atom stereocenters. The molecule has 6 heteroatoms. The summed E-state index contributed by atoms with van der Waals surface area (Å²) >= 11 is 1.27. The Labute approximate surface area is 124 Å². The first-order chi connectivity index (χ1) is 9.33. The summed E-state index contributed by atoms with van der Waals surface area (Å²) in [6, 6.07) is 0.367. The van der Waals surface area contributed by atoms with Gasteiger partial charge in [0, 0.05) is 12.0 Å². The highest BCUT2D eigenvalue weighted by Gasteiger charge is 2.38. The number of aliphatic carboxylic acids is 1. The third-order valence-electron chi connectivity index (χ3n) is 4.04. The van der Waals surface area contributed by atoms with E-state index in [4.69, 9.17) is 5.11 Å². The van der Waals surface area contributed by atoms with Gasteiger partial charge in [0.15, 0.2) is 5.16 Å². The summed E-state index contributed by atoms with van der Waals surface area (Å²) in [6.07, 6.45) is 3.51. The van der Waals surface area contributed by atoms with Gasteiger partial charge in [0.1, 0.15) is 5.82 Å². The SMILES string of the molecule is CC(C)c1nnc(SCC(=O)O)n1C1CCCC1(C)C. The van der Waals surface area contributed by atoms with Gasteiger partial charge in [-0.15, -0.1) is 10.2 Å². The van der Waals surface area contributed by atoms with E-state index in [0.717, 1.165) is 17.4 Å². The summed E-state index contributed by atoms with van der Waals surface area (Å²) in [4.78, 5) is 10.8. The molecule has 1 heterocycles. The third-order valence-corrected chi connectivity index (χ3v) is 4.97. The Balaban J connectivity index is 2.37. The molecule has 0 spiro atoms. The van der Waals surface area contributed by atoms with E-state index in [0.29, 0.717) is 6.04 Å². The zero-order valence-electron chi connectivity index (χ0n) is 12.6. The van der Waals surface area contributed by atoms with Crippen molar-refractivity contribution in [3.63, 3.8) is 0 Å². The summed E-state index contributed by atoms with van der Waals surface area (Å²) in [6.45, 7) is 8.77. The van der Waals surface area contributed by atoms with Crippen LogP contribution in [-0.2, 0) is 4.79 Å². The fourth-order valence-electron chi connectivity index (χ4n) is 2.99. The molecule has 2 rings (SSSR count). The summed E-state index contributed by atoms with van der Waals surface area (Å²) in [5.41, 5.74) is 0.213. The average Bonchev–Trinajstić information content (AvgIpc) is 2.88. The maximum Gasteiger partial charge on any atom is 0.313 e. The molecule has 5 nitrogen and oxygen atoms in total. The Morgan fingerprint density at radius 1 is 1.50 bits per heavy atom. The van der Waals surface area contributed by atoms with E-state index in [-0.39, 0.29) is 17.1 Å². The van der Waals surface area contributed by atoms with Crippen LogP contribution in [0, 0.1) is 5.41 Å². The number of hydrogen-bond donors (Lipinski definition) is 1. The van der Waals surface area contributed by atoms with E-state index in [1.165, 1.54) is 24.6 Å². The highest BCUT2D eigenvalue weighted by molar-refractivity contribution is 7.99. The third kappa shape index (κ3) is 3.00. The van der Waals surface area contributed by atoms with Crippen LogP contribution in [0.3, 0.4) is 0 Å². The van der Waals surface area contributed by atoms with Gasteiger partial charge in [0.2, 0.25) is 0 Å². The Morgan fingerprint density at radius 3 is 2.70 bits per heavy atom. The molecule has 1 aliphatic carbocycles. The number of aromatic nitrogens is 3. The van der Waals surface area contributed by atoms with Crippen LogP contribution in [0.2, 0.25) is 0 Å². The molecule has 0 aromatic carbocycles. The predicted molar refractivity (Wildman–Crippen MR) is 79.1 cm³/mol. The van der Waals surface area contributed by atoms with Crippen LogP contribution in [0.25, 0.3) is 0 Å². The van der Waals surface area contributed by atoms with Crippen molar-refractivity contribution in [2.45, 2.75) is 64.1 Å². The van der Waals surface area contributed by atoms with Crippen LogP contribution in [0.15, 0.2) is 5.16 Å². The van der Waals surface area contributed by atoms with Crippen LogP contribution in [-0.4, -0.2) is 31.6 Å². The van der Waals surface area contributed by atoms with E-state index in [9.17, 15) is 4.79 Å². The summed E-state index contributed by atoms with van der Waals surface area (Å²) in [7, 11) is 0. The second-order valence-electron chi connectivity index (χ2n) is 6.44. The maximum absolute atomic E-state index is 10.8. The molecule has 1 fully saturated rings. The van der Waals surface area contributed by atoms with Crippen molar-refractivity contribution >= 4 is 17.7 Å². The Morgan fingerprint density at radius 2 is 2.20 bits per heavy atom. The van der Waals surface area contributed by atoms with Crippen LogP contribution in [0.4, 0.5) is 0 Å². The van der Waals surface area contributed by atoms with Gasteiger partial charge in [0.05, 0.1) is 5.75 Å². The molecular weight excluding hydrogens is 274 g/mol. The second-order valence-corrected chi connectivity index (χ2v) is 7.39. The summed E-state index contributed by atoms with van der Waals surface area (Å²) in [5, 5.41) is 18.2. The number of carboxylic acids is 1. The number of thioether (sulfide) groups is 1. The zero-order chi connectivity index (χ0) is 14.9. The lowest BCUT2D eigenvalue weighted by Crippen LogP contribution is -2.24. The molecule has 1 aromatic heterocycles. The first-order valence-electron chi connectivity index (χ1n) is 7.12. The first kappa shape index (κ1) is 15.4. The van der Waals surface area contributed by atoms with Crippen LogP contribution >= 0.6 is 11.8 Å². The average molecular weight is 297 g/mol. The van der Waals surface area contributed by atoms with E-state index in [1.54, 1.807) is 0 Å². The molecular formula is C14H23N3O2S. The molecule has 1 N–H and O–H groups in total. The highest BCUT2D eigenvalue weighted by Crippen LogP contribution is 2.48. The van der Waals surface area contributed by atoms with Gasteiger partial charge in [-0.1, -0.05) is 45.9 Å². The number of rotatable bonds is 5. The fourth-order valence-corrected chi connectivity index (χ4v) is 3.70. The minimum Gasteiger partial charge on any atom is -0.481 e. The van der Waals surface area contributed by atoms with Gasteiger partial charge in [-0.05, 0) is 18.3 Å². The second kappa shape index (κ2) is 5.76. The number of nitrogens with zero attached hydrogens (tertiary/aromatic N) is 3. The Kier molecular flexibility index (Phi) is 4.42. The van der Waals surface area contributed by atoms with Crippen LogP contribution in [0.5, 0.6) is 0 Å². The molecule has 1 unspecified atom stereocenters. The van der Waals surface area contributed by atoms with E-state index in [1.807, 2.05) is 0 Å². The van der Waals surface area contributed by atoms with E-state index in [2.05, 4.69) is 42.5 Å². The predicted octanol–water partition coefficient (Wildman–Crippen LogP) is 3.33. The van der Waals surface area contributed by atoms with Gasteiger partial charge < -0.3 is 9.67 Å². The standard InChI is InChI=1S/C14H23N3O2S/c1-9(2)12-15-16-13(20-8-11(18)19)17(12)10-6-5-7-14(10,3)4/h9-10H,5-8H2,1-4H3,(H,18,19). The smallest absolute Gasteiger partial charge is 0.313 e. The molecule has 112 valence electrons. The minimum atomic E-state index is -0.818. The maximum atomic E-state index is 10.8. The quantitative estimate of drug-likeness (QED) is 0.844. The van der Waals surface area contributed by atoms with Gasteiger partial charge in [-0.2, -0.15) is 0 Å². The lowest BCUT2D eigenvalue weighted by Gasteiger charge is -2.30. The van der Waals surface area contributed by atoms with Crippen molar-refractivity contribution in [2.75, 3.05) is 5.75 Å². The fraction of sp³-hybridized carbons (Fsp3) is 0.786. The summed E-state index contributed by atoms with van der Waals surface area (Å²) in [5.74, 6) is 0.473. The monoisotopic (exact) mass is 297 g/mol. The van der Waals surface area contributed by atoms with Gasteiger partial charge in [-0.3, -0.25) is 4.79 Å². The molecule has 1 aliphatic rings. The highest BCUT2D eigenvalue weighted by atomic mass is 32.2. The number of carbonyl (C=O) groups is 1. The van der Waals surface area contributed by atoms with Crippen molar-refractivity contribution in [1.82, 2.24) is 14.8 Å². The van der Waals surface area contributed by atoms with Crippen molar-refractivity contribution in [3.05, 3.63) is 5.82 Å². The Hall–Kier alpha value is -1.04. The van der Waals surface area contributed by atoms with Gasteiger partial charge in [-0.25, -0.2) is 0 Å². The molecule has 0 amide bonds. The molecule has 0 bridgehead atoms. The normalized spacial score (nSPS) is 21.6. The van der Waals surface area contributed by atoms with Crippen LogP contribution < -0.4 is 0 Å². The van der Waals surface area contributed by atoms with Gasteiger partial charge >= 0.3 is 5.97 Å². The topological polar surface area (TPSA) is 68.0 Å². The minimum absolute atomic E-state index is 0.0311. The van der Waals surface area contributed by atoms with E-state index >= 15 is 0 Å². The molecule has 0 radical (unpaired) electrons. The molecule has 1 saturated carbocycles. The molecule has 0 saturated heterocycles. The lowest BCUT2D eigenvalue weighted by molar-refractivity contribution is -0.133. The van der Waals surface area contributed by atoms with Gasteiger partial charge in [0.25, 0.3) is 0 Å².